The average molecular weight is 866 g/mol. The van der Waals surface area contributed by atoms with Crippen LogP contribution in [-0.2, 0) is 28.7 Å². The molecule has 0 fully saturated rings. The fourth-order valence-corrected chi connectivity index (χ4v) is 8.05. The van der Waals surface area contributed by atoms with Gasteiger partial charge in [0.25, 0.3) is 0 Å². The summed E-state index contributed by atoms with van der Waals surface area (Å²) in [6, 6.07) is 0. The molecule has 1 unspecified atom stereocenters. The zero-order valence-electron chi connectivity index (χ0n) is 37.8. The van der Waals surface area contributed by atoms with Crippen molar-refractivity contribution in [3.8, 4) is 0 Å². The maximum absolute atomic E-state index is 12.5. The molecule has 0 saturated heterocycles. The number of amides is 2. The van der Waals surface area contributed by atoms with Gasteiger partial charge in [-0.05, 0) is 159 Å². The van der Waals surface area contributed by atoms with Crippen molar-refractivity contribution in [2.75, 3.05) is 159 Å². The van der Waals surface area contributed by atoms with E-state index in [0.29, 0.717) is 32.5 Å². The molecule has 0 rings (SSSR count). The van der Waals surface area contributed by atoms with Gasteiger partial charge in [0.15, 0.2) is 0 Å². The minimum Gasteiger partial charge on any atom is -0.469 e. The number of likely N-dealkylation sites (N-methyl/N-ethyl adjacent to an activating group) is 1. The van der Waals surface area contributed by atoms with Gasteiger partial charge in [0.1, 0.15) is 6.61 Å². The van der Waals surface area contributed by atoms with Crippen LogP contribution in [0.15, 0.2) is 0 Å². The number of carbonyl (C=O) groups is 3. The summed E-state index contributed by atoms with van der Waals surface area (Å²) < 4.78 is 10.8. The molecular formula is C41H87N9O6S2. The third-order valence-electron chi connectivity index (χ3n) is 9.60. The molecule has 0 radical (unpaired) electrons. The third-order valence-corrected chi connectivity index (χ3v) is 12.1. The summed E-state index contributed by atoms with van der Waals surface area (Å²) >= 11 is 0. The lowest BCUT2D eigenvalue weighted by Crippen LogP contribution is -2.38. The first-order chi connectivity index (χ1) is 28.1. The first-order valence-corrected chi connectivity index (χ1v) is 24.4. The van der Waals surface area contributed by atoms with E-state index in [4.69, 9.17) is 9.57 Å². The number of esters is 1. The molecular weight excluding hydrogens is 779 g/mol. The second-order valence-electron chi connectivity index (χ2n) is 15.3. The molecule has 58 heavy (non-hydrogen) atoms. The predicted octanol–water partition coefficient (Wildman–Crippen LogP) is 2.92. The van der Waals surface area contributed by atoms with Gasteiger partial charge in [-0.3, -0.25) is 14.4 Å². The molecule has 0 bridgehead atoms. The lowest BCUT2D eigenvalue weighted by atomic mass is 10.2. The van der Waals surface area contributed by atoms with E-state index in [9.17, 15) is 14.4 Å². The number of nitrogens with one attached hydrogen (secondary N) is 5. The number of nitrogens with zero attached hydrogens (tertiary/aromatic N) is 4. The Balaban J connectivity index is 3.94. The average Bonchev–Trinajstić information content (AvgIpc) is 3.20. The molecule has 5 N–H and O–H groups in total. The Kier molecular flexibility index (Phi) is 41.5. The molecule has 0 spiro atoms. The summed E-state index contributed by atoms with van der Waals surface area (Å²) in [5.41, 5.74) is 3.10. The first kappa shape index (κ1) is 56.8. The Morgan fingerprint density at radius 1 is 0.569 bits per heavy atom. The van der Waals surface area contributed by atoms with Crippen LogP contribution < -0.4 is 26.7 Å². The monoisotopic (exact) mass is 866 g/mol. The summed E-state index contributed by atoms with van der Waals surface area (Å²) in [7, 11) is 17.5. The van der Waals surface area contributed by atoms with Crippen LogP contribution in [0.3, 0.4) is 0 Å². The van der Waals surface area contributed by atoms with Gasteiger partial charge in [0.2, 0.25) is 11.8 Å². The third kappa shape index (κ3) is 40.2. The molecule has 0 aromatic carbocycles. The van der Waals surface area contributed by atoms with Crippen molar-refractivity contribution >= 4 is 39.4 Å². The van der Waals surface area contributed by atoms with Gasteiger partial charge in [-0.15, -0.1) is 0 Å². The van der Waals surface area contributed by atoms with Crippen LogP contribution in [0, 0.1) is 0 Å². The van der Waals surface area contributed by atoms with Crippen LogP contribution in [0.2, 0.25) is 0 Å². The topological polar surface area (TPSA) is 152 Å². The van der Waals surface area contributed by atoms with Crippen LogP contribution in [0.1, 0.15) is 83.5 Å². The highest BCUT2D eigenvalue weighted by molar-refractivity contribution is 8.76. The molecule has 17 heteroatoms. The van der Waals surface area contributed by atoms with Crippen molar-refractivity contribution in [1.82, 2.24) is 46.3 Å². The highest BCUT2D eigenvalue weighted by atomic mass is 33.1. The number of rotatable bonds is 44. The SMILES string of the molecule is CNCCCN(C)CCCCN(C)CCCNOCCCSSCCC(=O)NCCCN(C)CCC(CN(C)CCCNC)OCC(=O)NCCCCCC(=O)OC. The first-order valence-electron chi connectivity index (χ1n) is 21.9. The lowest BCUT2D eigenvalue weighted by molar-refractivity contribution is -0.140. The molecule has 0 aliphatic carbocycles. The number of hydrogen-bond donors (Lipinski definition) is 5. The Morgan fingerprint density at radius 3 is 1.78 bits per heavy atom. The minimum absolute atomic E-state index is 0.0331. The number of hydroxylamine groups is 1. The van der Waals surface area contributed by atoms with Crippen LogP contribution in [0.5, 0.6) is 0 Å². The Hall–Kier alpha value is -1.25. The quantitative estimate of drug-likeness (QED) is 0.0264. The second kappa shape index (κ2) is 42.4. The summed E-state index contributed by atoms with van der Waals surface area (Å²) in [4.78, 5) is 51.0. The van der Waals surface area contributed by atoms with Gasteiger partial charge in [0.05, 0.1) is 19.8 Å². The molecule has 0 aliphatic rings. The molecule has 2 amide bonds. The summed E-state index contributed by atoms with van der Waals surface area (Å²) in [5.74, 6) is 1.59. The van der Waals surface area contributed by atoms with Gasteiger partial charge in [-0.1, -0.05) is 28.0 Å². The van der Waals surface area contributed by atoms with Gasteiger partial charge in [0, 0.05) is 57.1 Å². The summed E-state index contributed by atoms with van der Waals surface area (Å²) in [6.07, 6.45) is 11.8. The maximum Gasteiger partial charge on any atom is 0.305 e. The highest BCUT2D eigenvalue weighted by Crippen LogP contribution is 2.22. The number of ether oxygens (including phenoxy) is 2. The van der Waals surface area contributed by atoms with Gasteiger partial charge in [-0.2, -0.15) is 0 Å². The van der Waals surface area contributed by atoms with Crippen LogP contribution in [0.25, 0.3) is 0 Å². The fourth-order valence-electron chi connectivity index (χ4n) is 6.00. The summed E-state index contributed by atoms with van der Waals surface area (Å²) in [5, 5.41) is 12.4. The standard InChI is InChI=1S/C41H87N9O6S2/c1-42-21-13-28-47(3)26-11-12-27-48(4)30-16-25-46-56-33-17-34-57-58-35-20-39(51)44-24-15-29-49(5)32-19-38(36-50(6)31-14-22-43-2)55-37-40(52)45-23-10-8-9-18-41(53)54-7/h38,42-43,46H,8-37H2,1-7H3,(H,44,51)(H,45,52). The molecule has 0 aromatic heterocycles. The Bertz CT molecular complexity index is 966. The molecule has 344 valence electrons. The highest BCUT2D eigenvalue weighted by Gasteiger charge is 2.16. The van der Waals surface area contributed by atoms with Crippen molar-refractivity contribution in [1.29, 1.82) is 0 Å². The number of methoxy groups -OCH3 is 1. The zero-order valence-corrected chi connectivity index (χ0v) is 39.5. The zero-order chi connectivity index (χ0) is 42.9. The molecule has 15 nitrogen and oxygen atoms in total. The van der Waals surface area contributed by atoms with E-state index in [0.717, 1.165) is 128 Å². The number of unbranched alkanes of at least 4 members (excludes halogenated alkanes) is 3. The van der Waals surface area contributed by atoms with Crippen molar-refractivity contribution in [3.63, 3.8) is 0 Å². The number of carbonyl (C=O) groups excluding carboxylic acids is 3. The van der Waals surface area contributed by atoms with E-state index < -0.39 is 0 Å². The molecule has 0 heterocycles. The van der Waals surface area contributed by atoms with E-state index >= 15 is 0 Å². The van der Waals surface area contributed by atoms with E-state index in [1.165, 1.54) is 32.9 Å². The summed E-state index contributed by atoms with van der Waals surface area (Å²) in [6.45, 7) is 12.8. The lowest BCUT2D eigenvalue weighted by Gasteiger charge is -2.26. The Labute approximate surface area is 362 Å². The van der Waals surface area contributed by atoms with E-state index in [1.807, 2.05) is 14.1 Å². The van der Waals surface area contributed by atoms with Gasteiger partial charge >= 0.3 is 5.97 Å². The molecule has 1 atom stereocenters. The van der Waals surface area contributed by atoms with E-state index in [1.54, 1.807) is 21.6 Å². The maximum atomic E-state index is 12.5. The second-order valence-corrected chi connectivity index (χ2v) is 18.0. The van der Waals surface area contributed by atoms with Crippen LogP contribution in [0.4, 0.5) is 0 Å². The fraction of sp³-hybridized carbons (Fsp3) is 0.927. The molecule has 0 aliphatic heterocycles. The smallest absolute Gasteiger partial charge is 0.305 e. The van der Waals surface area contributed by atoms with Gasteiger partial charge in [-0.25, -0.2) is 5.48 Å². The molecule has 0 aromatic rings. The van der Waals surface area contributed by atoms with Crippen molar-refractivity contribution in [3.05, 3.63) is 0 Å². The van der Waals surface area contributed by atoms with E-state index in [2.05, 4.69) is 79.3 Å². The minimum atomic E-state index is -0.199. The van der Waals surface area contributed by atoms with Crippen molar-refractivity contribution in [2.24, 2.45) is 0 Å². The molecule has 0 saturated carbocycles. The van der Waals surface area contributed by atoms with E-state index in [-0.39, 0.29) is 30.5 Å². The van der Waals surface area contributed by atoms with Crippen LogP contribution in [-0.4, -0.2) is 203 Å². The number of hydrogen-bond acceptors (Lipinski definition) is 15. The van der Waals surface area contributed by atoms with Crippen LogP contribution >= 0.6 is 21.6 Å². The van der Waals surface area contributed by atoms with Crippen molar-refractivity contribution in [2.45, 2.75) is 89.6 Å². The van der Waals surface area contributed by atoms with Crippen molar-refractivity contribution < 1.29 is 28.7 Å². The Morgan fingerprint density at radius 2 is 1.12 bits per heavy atom. The normalized spacial score (nSPS) is 12.3. The largest absolute Gasteiger partial charge is 0.469 e. The predicted molar refractivity (Wildman–Crippen MR) is 245 cm³/mol. The van der Waals surface area contributed by atoms with Gasteiger partial charge < -0.3 is 55.2 Å².